The molecule has 1 unspecified atom stereocenters. The summed E-state index contributed by atoms with van der Waals surface area (Å²) in [6.07, 6.45) is 6.36. The minimum absolute atomic E-state index is 0.0264. The monoisotopic (exact) mass is 436 g/mol. The molecular weight excluding hydrogens is 412 g/mol. The highest BCUT2D eigenvalue weighted by atomic mass is 16.6. The Hall–Kier alpha value is -3.72. The van der Waals surface area contributed by atoms with E-state index in [1.54, 1.807) is 36.4 Å². The van der Waals surface area contributed by atoms with Gasteiger partial charge in [0, 0.05) is 24.5 Å². The number of aliphatic hydroxyl groups is 1. The minimum atomic E-state index is -1.33. The Morgan fingerprint density at radius 1 is 1.34 bits per heavy atom. The van der Waals surface area contributed by atoms with Gasteiger partial charge < -0.3 is 19.5 Å². The molecule has 1 N–H and O–H groups in total. The van der Waals surface area contributed by atoms with E-state index < -0.39 is 18.4 Å². The summed E-state index contributed by atoms with van der Waals surface area (Å²) in [7, 11) is 1.52. The van der Waals surface area contributed by atoms with E-state index in [1.165, 1.54) is 19.5 Å². The number of amides is 2. The van der Waals surface area contributed by atoms with Gasteiger partial charge in [-0.3, -0.25) is 4.79 Å². The third-order valence-electron chi connectivity index (χ3n) is 5.69. The number of carbonyl (C=O) groups excluding carboxylic acids is 2. The van der Waals surface area contributed by atoms with Crippen molar-refractivity contribution in [2.45, 2.75) is 25.6 Å². The fraction of sp³-hybridized carbons (Fsp3) is 0.304. The number of aryl methyl sites for hydroxylation is 1. The summed E-state index contributed by atoms with van der Waals surface area (Å²) in [4.78, 5) is 37.3. The van der Waals surface area contributed by atoms with Gasteiger partial charge in [-0.2, -0.15) is 0 Å². The van der Waals surface area contributed by atoms with Crippen LogP contribution in [0.2, 0.25) is 0 Å². The first-order valence-electron chi connectivity index (χ1n) is 10.1. The summed E-state index contributed by atoms with van der Waals surface area (Å²) < 4.78 is 10.6. The van der Waals surface area contributed by atoms with E-state index in [0.717, 1.165) is 16.0 Å². The number of carbonyl (C=O) groups is 2. The van der Waals surface area contributed by atoms with E-state index in [9.17, 15) is 14.7 Å². The van der Waals surface area contributed by atoms with Crippen LogP contribution in [-0.4, -0.2) is 64.5 Å². The summed E-state index contributed by atoms with van der Waals surface area (Å²) >= 11 is 0. The molecule has 2 atom stereocenters. The highest BCUT2D eigenvalue weighted by molar-refractivity contribution is 6.06. The van der Waals surface area contributed by atoms with Crippen molar-refractivity contribution in [2.75, 3.05) is 25.2 Å². The SMILES string of the molecule is C=CCOC(=O)N1c2cc(C)c(OC)cc2C(=O)N2CC=C(c3cncnc3)C[C@H]2C1O. The second-order valence-electron chi connectivity index (χ2n) is 7.57. The minimum Gasteiger partial charge on any atom is -0.496 e. The summed E-state index contributed by atoms with van der Waals surface area (Å²) in [6.45, 7) is 5.60. The van der Waals surface area contributed by atoms with Crippen molar-refractivity contribution >= 4 is 23.3 Å². The zero-order valence-electron chi connectivity index (χ0n) is 17.9. The van der Waals surface area contributed by atoms with E-state index in [0.29, 0.717) is 17.7 Å². The first-order chi connectivity index (χ1) is 15.5. The van der Waals surface area contributed by atoms with Crippen molar-refractivity contribution in [3.05, 3.63) is 66.3 Å². The molecule has 32 heavy (non-hydrogen) atoms. The summed E-state index contributed by atoms with van der Waals surface area (Å²) in [5.74, 6) is 0.208. The van der Waals surface area contributed by atoms with Crippen LogP contribution in [0.15, 0.2) is 49.6 Å². The molecular formula is C23H24N4O5. The van der Waals surface area contributed by atoms with Crippen LogP contribution in [-0.2, 0) is 4.74 Å². The van der Waals surface area contributed by atoms with E-state index in [4.69, 9.17) is 9.47 Å². The Labute approximate surface area is 185 Å². The summed E-state index contributed by atoms with van der Waals surface area (Å²) in [5, 5.41) is 11.4. The number of rotatable bonds is 4. The van der Waals surface area contributed by atoms with Crippen LogP contribution < -0.4 is 9.64 Å². The average molecular weight is 436 g/mol. The van der Waals surface area contributed by atoms with Gasteiger partial charge in [-0.1, -0.05) is 18.7 Å². The smallest absolute Gasteiger partial charge is 0.416 e. The van der Waals surface area contributed by atoms with Gasteiger partial charge >= 0.3 is 6.09 Å². The van der Waals surface area contributed by atoms with Gasteiger partial charge in [-0.15, -0.1) is 0 Å². The molecule has 3 heterocycles. The van der Waals surface area contributed by atoms with E-state index >= 15 is 0 Å². The molecule has 0 radical (unpaired) electrons. The molecule has 0 spiro atoms. The molecule has 2 aromatic rings. The number of fused-ring (bicyclic) bond motifs is 2. The molecule has 1 aromatic heterocycles. The zero-order chi connectivity index (χ0) is 22.8. The van der Waals surface area contributed by atoms with Gasteiger partial charge in [0.15, 0.2) is 6.23 Å². The molecule has 0 fully saturated rings. The average Bonchev–Trinajstić information content (AvgIpc) is 2.90. The molecule has 2 aliphatic rings. The Morgan fingerprint density at radius 3 is 2.78 bits per heavy atom. The fourth-order valence-electron chi connectivity index (χ4n) is 4.10. The zero-order valence-corrected chi connectivity index (χ0v) is 17.9. The van der Waals surface area contributed by atoms with Crippen LogP contribution in [0.25, 0.3) is 5.57 Å². The first kappa shape index (κ1) is 21.5. The molecule has 4 rings (SSSR count). The third-order valence-corrected chi connectivity index (χ3v) is 5.69. The second-order valence-corrected chi connectivity index (χ2v) is 7.57. The molecule has 166 valence electrons. The van der Waals surface area contributed by atoms with Crippen LogP contribution in [0.5, 0.6) is 5.75 Å². The number of aliphatic hydroxyl groups excluding tert-OH is 1. The Kier molecular flexibility index (Phi) is 5.91. The van der Waals surface area contributed by atoms with Gasteiger partial charge in [0.05, 0.1) is 24.4 Å². The van der Waals surface area contributed by atoms with Crippen LogP contribution in [0.4, 0.5) is 10.5 Å². The molecule has 0 saturated heterocycles. The number of benzene rings is 1. The first-order valence-corrected chi connectivity index (χ1v) is 10.1. The Balaban J connectivity index is 1.81. The van der Waals surface area contributed by atoms with Crippen molar-refractivity contribution in [1.82, 2.24) is 14.9 Å². The van der Waals surface area contributed by atoms with Crippen molar-refractivity contribution in [2.24, 2.45) is 0 Å². The van der Waals surface area contributed by atoms with Gasteiger partial charge in [-0.25, -0.2) is 19.7 Å². The molecule has 0 saturated carbocycles. The van der Waals surface area contributed by atoms with E-state index in [1.807, 2.05) is 6.08 Å². The third kappa shape index (κ3) is 3.71. The molecule has 0 aliphatic carbocycles. The molecule has 9 heteroatoms. The maximum Gasteiger partial charge on any atom is 0.416 e. The number of hydrogen-bond acceptors (Lipinski definition) is 7. The van der Waals surface area contributed by atoms with Crippen molar-refractivity contribution in [1.29, 1.82) is 0 Å². The quantitative estimate of drug-likeness (QED) is 0.735. The second kappa shape index (κ2) is 8.80. The van der Waals surface area contributed by atoms with Crippen molar-refractivity contribution < 1.29 is 24.2 Å². The number of methoxy groups -OCH3 is 1. The standard InChI is InChI=1S/C23H24N4O5/c1-4-7-32-23(30)27-18-8-14(2)20(31-3)10-17(18)21(28)26-6-5-15(9-19(26)22(27)29)16-11-24-13-25-12-16/h4-5,8,10-13,19,22,29H,1,6-7,9H2,2-3H3/t19-,22?/m0/s1. The lowest BCUT2D eigenvalue weighted by Gasteiger charge is -2.38. The summed E-state index contributed by atoms with van der Waals surface area (Å²) in [5.41, 5.74) is 2.93. The van der Waals surface area contributed by atoms with Crippen LogP contribution >= 0.6 is 0 Å². The van der Waals surface area contributed by atoms with Gasteiger partial charge in [-0.05, 0) is 36.6 Å². The topological polar surface area (TPSA) is 105 Å². The Bertz CT molecular complexity index is 1090. The molecule has 1 aromatic carbocycles. The largest absolute Gasteiger partial charge is 0.496 e. The lowest BCUT2D eigenvalue weighted by molar-refractivity contribution is 0.0397. The number of nitrogens with zero attached hydrogens (tertiary/aromatic N) is 4. The van der Waals surface area contributed by atoms with E-state index in [2.05, 4.69) is 16.5 Å². The molecule has 2 aliphatic heterocycles. The molecule has 9 nitrogen and oxygen atoms in total. The Morgan fingerprint density at radius 2 is 2.09 bits per heavy atom. The normalized spacial score (nSPS) is 20.0. The van der Waals surface area contributed by atoms with Crippen LogP contribution in [0, 0.1) is 6.92 Å². The number of aromatic nitrogens is 2. The number of ether oxygens (including phenoxy) is 2. The van der Waals surface area contributed by atoms with E-state index in [-0.39, 0.29) is 30.3 Å². The predicted molar refractivity (Wildman–Crippen MR) is 117 cm³/mol. The maximum absolute atomic E-state index is 13.5. The molecule has 2 amide bonds. The number of anilines is 1. The molecule has 0 bridgehead atoms. The number of hydrogen-bond donors (Lipinski definition) is 1. The highest BCUT2D eigenvalue weighted by Gasteiger charge is 2.44. The predicted octanol–water partition coefficient (Wildman–Crippen LogP) is 2.55. The van der Waals surface area contributed by atoms with Gasteiger partial charge in [0.25, 0.3) is 5.91 Å². The van der Waals surface area contributed by atoms with Crippen LogP contribution in [0.3, 0.4) is 0 Å². The van der Waals surface area contributed by atoms with Crippen molar-refractivity contribution in [3.8, 4) is 5.75 Å². The highest BCUT2D eigenvalue weighted by Crippen LogP contribution is 2.39. The van der Waals surface area contributed by atoms with Gasteiger partial charge in [0.2, 0.25) is 0 Å². The lowest BCUT2D eigenvalue weighted by Crippen LogP contribution is -2.54. The van der Waals surface area contributed by atoms with Crippen LogP contribution in [0.1, 0.15) is 27.9 Å². The summed E-state index contributed by atoms with van der Waals surface area (Å²) in [6, 6.07) is 2.56. The maximum atomic E-state index is 13.5. The van der Waals surface area contributed by atoms with Gasteiger partial charge in [0.1, 0.15) is 18.7 Å². The fourth-order valence-corrected chi connectivity index (χ4v) is 4.10. The van der Waals surface area contributed by atoms with Crippen molar-refractivity contribution in [3.63, 3.8) is 0 Å². The lowest BCUT2D eigenvalue weighted by atomic mass is 9.94.